The summed E-state index contributed by atoms with van der Waals surface area (Å²) in [7, 11) is 0. The quantitative estimate of drug-likeness (QED) is 0.585. The van der Waals surface area contributed by atoms with Gasteiger partial charge in [-0.05, 0) is 26.2 Å². The first-order valence-electron chi connectivity index (χ1n) is 4.54. The van der Waals surface area contributed by atoms with E-state index < -0.39 is 17.7 Å². The molecule has 0 heterocycles. The van der Waals surface area contributed by atoms with Crippen LogP contribution in [-0.4, -0.2) is 33.0 Å². The van der Waals surface area contributed by atoms with Crippen molar-refractivity contribution in [3.05, 3.63) is 0 Å². The smallest absolute Gasteiger partial charge is 0.303 e. The molecule has 3 atom stereocenters. The zero-order valence-electron chi connectivity index (χ0n) is 7.73. The predicted octanol–water partition coefficient (Wildman–Crippen LogP) is 0.373. The minimum Gasteiger partial charge on any atom is -0.481 e. The molecule has 0 aromatic carbocycles. The summed E-state index contributed by atoms with van der Waals surface area (Å²) in [6, 6.07) is 0. The van der Waals surface area contributed by atoms with Gasteiger partial charge in [-0.3, -0.25) is 4.79 Å². The van der Waals surface area contributed by atoms with Gasteiger partial charge in [-0.15, -0.1) is 0 Å². The summed E-state index contributed by atoms with van der Waals surface area (Å²) in [5.74, 6) is -1.24. The molecular weight excluding hydrogens is 172 g/mol. The Bertz CT molecular complexity index is 200. The predicted molar refractivity (Wildman–Crippen MR) is 46.2 cm³/mol. The van der Waals surface area contributed by atoms with Crippen LogP contribution in [0.1, 0.15) is 32.6 Å². The third kappa shape index (κ3) is 2.67. The Hall–Kier alpha value is -0.610. The van der Waals surface area contributed by atoms with E-state index in [9.17, 15) is 15.0 Å². The van der Waals surface area contributed by atoms with E-state index in [-0.39, 0.29) is 12.3 Å². The van der Waals surface area contributed by atoms with Crippen LogP contribution in [0.2, 0.25) is 0 Å². The van der Waals surface area contributed by atoms with Crippen molar-refractivity contribution in [2.45, 2.75) is 44.3 Å². The van der Waals surface area contributed by atoms with Gasteiger partial charge in [-0.1, -0.05) is 0 Å². The molecule has 0 amide bonds. The normalized spacial score (nSPS) is 40.2. The van der Waals surface area contributed by atoms with Crippen LogP contribution in [0.25, 0.3) is 0 Å². The Morgan fingerprint density at radius 3 is 2.77 bits per heavy atom. The van der Waals surface area contributed by atoms with Crippen molar-refractivity contribution in [3.63, 3.8) is 0 Å². The standard InChI is InChI=1S/C9H16O4/c1-9(13)3-2-7(10)4-6(9)5-8(11)12/h6-7,10,13H,2-5H2,1H3,(H,11,12)/t6-,7+,9+/m1/s1. The lowest BCUT2D eigenvalue weighted by Crippen LogP contribution is -2.42. The van der Waals surface area contributed by atoms with E-state index in [0.717, 1.165) is 0 Å². The Labute approximate surface area is 77.2 Å². The number of aliphatic hydroxyl groups excluding tert-OH is 1. The third-order valence-electron chi connectivity index (χ3n) is 2.84. The van der Waals surface area contributed by atoms with Gasteiger partial charge in [0.2, 0.25) is 0 Å². The van der Waals surface area contributed by atoms with Crippen LogP contribution >= 0.6 is 0 Å². The van der Waals surface area contributed by atoms with Crippen molar-refractivity contribution in [3.8, 4) is 0 Å². The number of carboxylic acids is 1. The highest BCUT2D eigenvalue weighted by Gasteiger charge is 2.38. The number of rotatable bonds is 2. The van der Waals surface area contributed by atoms with Gasteiger partial charge in [-0.2, -0.15) is 0 Å². The van der Waals surface area contributed by atoms with Gasteiger partial charge in [-0.25, -0.2) is 0 Å². The summed E-state index contributed by atoms with van der Waals surface area (Å²) in [5.41, 5.74) is -0.933. The molecule has 0 saturated heterocycles. The molecule has 76 valence electrons. The summed E-state index contributed by atoms with van der Waals surface area (Å²) >= 11 is 0. The van der Waals surface area contributed by atoms with Gasteiger partial charge >= 0.3 is 5.97 Å². The number of carboxylic acid groups (broad SMARTS) is 1. The Morgan fingerprint density at radius 2 is 2.23 bits per heavy atom. The summed E-state index contributed by atoms with van der Waals surface area (Å²) in [6.45, 7) is 1.65. The fourth-order valence-corrected chi connectivity index (χ4v) is 1.88. The molecule has 13 heavy (non-hydrogen) atoms. The van der Waals surface area contributed by atoms with Crippen molar-refractivity contribution in [1.82, 2.24) is 0 Å². The maximum Gasteiger partial charge on any atom is 0.303 e. The molecule has 0 aromatic rings. The highest BCUT2D eigenvalue weighted by molar-refractivity contribution is 5.67. The van der Waals surface area contributed by atoms with Crippen LogP contribution in [0.15, 0.2) is 0 Å². The number of hydrogen-bond donors (Lipinski definition) is 3. The lowest BCUT2D eigenvalue weighted by atomic mass is 9.74. The zero-order valence-corrected chi connectivity index (χ0v) is 7.73. The van der Waals surface area contributed by atoms with Crippen molar-refractivity contribution >= 4 is 5.97 Å². The molecule has 1 fully saturated rings. The monoisotopic (exact) mass is 188 g/mol. The van der Waals surface area contributed by atoms with Gasteiger partial charge in [0.25, 0.3) is 0 Å². The van der Waals surface area contributed by atoms with E-state index in [1.165, 1.54) is 0 Å². The van der Waals surface area contributed by atoms with Crippen molar-refractivity contribution in [1.29, 1.82) is 0 Å². The molecule has 4 nitrogen and oxygen atoms in total. The average molecular weight is 188 g/mol. The topological polar surface area (TPSA) is 77.8 Å². The van der Waals surface area contributed by atoms with Crippen LogP contribution in [0, 0.1) is 5.92 Å². The molecule has 1 rings (SSSR count). The SMILES string of the molecule is C[C@]1(O)CC[C@H](O)C[C@@H]1CC(=O)O. The average Bonchev–Trinajstić information content (AvgIpc) is 1.97. The van der Waals surface area contributed by atoms with Crippen LogP contribution < -0.4 is 0 Å². The first-order chi connectivity index (χ1) is 5.92. The first-order valence-corrected chi connectivity index (χ1v) is 4.54. The molecule has 0 radical (unpaired) electrons. The Morgan fingerprint density at radius 1 is 1.62 bits per heavy atom. The maximum absolute atomic E-state index is 10.5. The summed E-state index contributed by atoms with van der Waals surface area (Å²) in [6.07, 6.45) is 0.906. The number of carbonyl (C=O) groups is 1. The zero-order chi connectivity index (χ0) is 10.1. The number of aliphatic carboxylic acids is 1. The van der Waals surface area contributed by atoms with E-state index in [1.54, 1.807) is 6.92 Å². The molecule has 1 aliphatic carbocycles. The van der Waals surface area contributed by atoms with Crippen molar-refractivity contribution < 1.29 is 20.1 Å². The molecule has 3 N–H and O–H groups in total. The molecule has 1 aliphatic rings. The molecule has 1 saturated carbocycles. The van der Waals surface area contributed by atoms with Gasteiger partial charge in [0.05, 0.1) is 18.1 Å². The second-order valence-electron chi connectivity index (χ2n) is 4.08. The van der Waals surface area contributed by atoms with Crippen molar-refractivity contribution in [2.75, 3.05) is 0 Å². The van der Waals surface area contributed by atoms with E-state index in [0.29, 0.717) is 19.3 Å². The van der Waals surface area contributed by atoms with E-state index in [2.05, 4.69) is 0 Å². The second kappa shape index (κ2) is 3.64. The Balaban J connectivity index is 2.61. The molecule has 0 unspecified atom stereocenters. The summed E-state index contributed by atoms with van der Waals surface area (Å²) in [5, 5.41) is 27.7. The molecule has 4 heteroatoms. The van der Waals surface area contributed by atoms with Gasteiger partial charge < -0.3 is 15.3 Å². The summed E-state index contributed by atoms with van der Waals surface area (Å²) < 4.78 is 0. The van der Waals surface area contributed by atoms with Gasteiger partial charge in [0.15, 0.2) is 0 Å². The van der Waals surface area contributed by atoms with Gasteiger partial charge in [0, 0.05) is 5.92 Å². The molecular formula is C9H16O4. The first kappa shape index (κ1) is 10.5. The van der Waals surface area contributed by atoms with Crippen molar-refractivity contribution in [2.24, 2.45) is 5.92 Å². The molecule has 0 aromatic heterocycles. The van der Waals surface area contributed by atoms with Crippen LogP contribution in [0.3, 0.4) is 0 Å². The van der Waals surface area contributed by atoms with E-state index in [1.807, 2.05) is 0 Å². The highest BCUT2D eigenvalue weighted by Crippen LogP contribution is 2.35. The highest BCUT2D eigenvalue weighted by atomic mass is 16.4. The van der Waals surface area contributed by atoms with Crippen LogP contribution in [0.4, 0.5) is 0 Å². The fraction of sp³-hybridized carbons (Fsp3) is 0.889. The number of hydrogen-bond acceptors (Lipinski definition) is 3. The second-order valence-corrected chi connectivity index (χ2v) is 4.08. The van der Waals surface area contributed by atoms with Crippen LogP contribution in [0.5, 0.6) is 0 Å². The number of aliphatic hydroxyl groups is 2. The van der Waals surface area contributed by atoms with Gasteiger partial charge in [0.1, 0.15) is 0 Å². The molecule has 0 aliphatic heterocycles. The lowest BCUT2D eigenvalue weighted by Gasteiger charge is -2.38. The minimum absolute atomic E-state index is 0.0654. The van der Waals surface area contributed by atoms with Crippen LogP contribution in [-0.2, 0) is 4.79 Å². The van der Waals surface area contributed by atoms with E-state index >= 15 is 0 Å². The molecule has 0 bridgehead atoms. The summed E-state index contributed by atoms with van der Waals surface area (Å²) in [4.78, 5) is 10.5. The fourth-order valence-electron chi connectivity index (χ4n) is 1.88. The maximum atomic E-state index is 10.5. The molecule has 0 spiro atoms. The largest absolute Gasteiger partial charge is 0.481 e. The lowest BCUT2D eigenvalue weighted by molar-refractivity contribution is -0.143. The third-order valence-corrected chi connectivity index (χ3v) is 2.84. The minimum atomic E-state index is -0.933. The Kier molecular flexibility index (Phi) is 2.93. The van der Waals surface area contributed by atoms with E-state index in [4.69, 9.17) is 5.11 Å².